The number of rotatable bonds is 1. The highest BCUT2D eigenvalue weighted by Crippen LogP contribution is 2.39. The highest BCUT2D eigenvalue weighted by atomic mass is 79.9. The quantitative estimate of drug-likeness (QED) is 0.775. The Balaban J connectivity index is 2.87. The fraction of sp³-hybridized carbons (Fsp3) is 0.111. The average Bonchev–Trinajstić information content (AvgIpc) is 2.50. The molecular weight excluding hydrogens is 268 g/mol. The molecule has 4 heteroatoms. The van der Waals surface area contributed by atoms with Gasteiger partial charge >= 0.3 is 0 Å². The van der Waals surface area contributed by atoms with Crippen molar-refractivity contribution in [1.82, 2.24) is 0 Å². The van der Waals surface area contributed by atoms with Crippen molar-refractivity contribution in [3.63, 3.8) is 0 Å². The third kappa shape index (κ3) is 1.47. The Morgan fingerprint density at radius 3 is 2.92 bits per heavy atom. The molecule has 0 aliphatic rings. The molecular formula is C9H7BrOS2. The standard InChI is InChI=1S/C9H7BrOS2/c1-11-6-2-3-7(12)8-5(10)4-13-9(6)8/h2-4,12H,1H3. The summed E-state index contributed by atoms with van der Waals surface area (Å²) in [6.45, 7) is 0. The van der Waals surface area contributed by atoms with Gasteiger partial charge in [-0.25, -0.2) is 0 Å². The minimum absolute atomic E-state index is 0.906. The molecule has 0 aliphatic carbocycles. The normalized spacial score (nSPS) is 10.7. The highest BCUT2D eigenvalue weighted by molar-refractivity contribution is 9.10. The summed E-state index contributed by atoms with van der Waals surface area (Å²) in [4.78, 5) is 0.976. The Hall–Kier alpha value is -0.190. The van der Waals surface area contributed by atoms with E-state index < -0.39 is 0 Å². The van der Waals surface area contributed by atoms with E-state index in [2.05, 4.69) is 28.6 Å². The van der Waals surface area contributed by atoms with Crippen LogP contribution in [0.2, 0.25) is 0 Å². The van der Waals surface area contributed by atoms with Crippen LogP contribution in [0.3, 0.4) is 0 Å². The van der Waals surface area contributed by atoms with Crippen molar-refractivity contribution in [2.24, 2.45) is 0 Å². The zero-order chi connectivity index (χ0) is 9.42. The van der Waals surface area contributed by atoms with E-state index in [0.717, 1.165) is 25.2 Å². The first-order chi connectivity index (χ1) is 6.24. The van der Waals surface area contributed by atoms with E-state index in [-0.39, 0.29) is 0 Å². The third-order valence-electron chi connectivity index (χ3n) is 1.84. The lowest BCUT2D eigenvalue weighted by molar-refractivity contribution is 0.420. The van der Waals surface area contributed by atoms with Crippen LogP contribution in [0.1, 0.15) is 0 Å². The van der Waals surface area contributed by atoms with Crippen molar-refractivity contribution in [2.45, 2.75) is 4.90 Å². The van der Waals surface area contributed by atoms with Gasteiger partial charge in [0.15, 0.2) is 0 Å². The number of thiol groups is 1. The van der Waals surface area contributed by atoms with E-state index in [1.165, 1.54) is 0 Å². The van der Waals surface area contributed by atoms with E-state index in [0.29, 0.717) is 0 Å². The van der Waals surface area contributed by atoms with Crippen molar-refractivity contribution < 1.29 is 4.74 Å². The molecule has 1 aromatic heterocycles. The first-order valence-corrected chi connectivity index (χ1v) is 5.78. The molecule has 2 aromatic rings. The van der Waals surface area contributed by atoms with Crippen molar-refractivity contribution >= 4 is 50.0 Å². The van der Waals surface area contributed by atoms with Gasteiger partial charge in [-0.05, 0) is 28.1 Å². The van der Waals surface area contributed by atoms with E-state index in [1.807, 2.05) is 17.5 Å². The van der Waals surface area contributed by atoms with Gasteiger partial charge < -0.3 is 4.74 Å². The summed E-state index contributed by atoms with van der Waals surface area (Å²) < 4.78 is 7.47. The number of hydrogen-bond donors (Lipinski definition) is 1. The zero-order valence-corrected chi connectivity index (χ0v) is 10.2. The van der Waals surface area contributed by atoms with Gasteiger partial charge in [-0.3, -0.25) is 0 Å². The number of thiophene rings is 1. The molecule has 68 valence electrons. The molecule has 0 spiro atoms. The lowest BCUT2D eigenvalue weighted by Crippen LogP contribution is -1.82. The molecule has 0 radical (unpaired) electrons. The van der Waals surface area contributed by atoms with E-state index in [9.17, 15) is 0 Å². The summed E-state index contributed by atoms with van der Waals surface area (Å²) >= 11 is 9.54. The molecule has 1 aromatic carbocycles. The van der Waals surface area contributed by atoms with Gasteiger partial charge in [0.2, 0.25) is 0 Å². The van der Waals surface area contributed by atoms with Crippen LogP contribution in [0.15, 0.2) is 26.9 Å². The SMILES string of the molecule is COc1ccc(S)c2c(Br)csc12. The van der Waals surface area contributed by atoms with Crippen molar-refractivity contribution in [1.29, 1.82) is 0 Å². The molecule has 0 bridgehead atoms. The molecule has 1 nitrogen and oxygen atoms in total. The first-order valence-electron chi connectivity index (χ1n) is 3.66. The summed E-state index contributed by atoms with van der Waals surface area (Å²) in [7, 11) is 1.68. The Morgan fingerprint density at radius 1 is 1.46 bits per heavy atom. The number of fused-ring (bicyclic) bond motifs is 1. The monoisotopic (exact) mass is 274 g/mol. The Morgan fingerprint density at radius 2 is 2.23 bits per heavy atom. The van der Waals surface area contributed by atoms with E-state index in [1.54, 1.807) is 18.4 Å². The maximum atomic E-state index is 5.25. The predicted octanol–water partition coefficient (Wildman–Crippen LogP) is 3.96. The summed E-state index contributed by atoms with van der Waals surface area (Å²) in [5.74, 6) is 0.906. The van der Waals surface area contributed by atoms with Gasteiger partial charge in [-0.2, -0.15) is 0 Å². The summed E-state index contributed by atoms with van der Waals surface area (Å²) in [6, 6.07) is 3.88. The Labute approximate surface area is 94.3 Å². The van der Waals surface area contributed by atoms with Crippen LogP contribution in [0.5, 0.6) is 5.75 Å². The maximum absolute atomic E-state index is 5.25. The van der Waals surface area contributed by atoms with Gasteiger partial charge in [-0.1, -0.05) is 0 Å². The van der Waals surface area contributed by atoms with Crippen LogP contribution in [0.4, 0.5) is 0 Å². The zero-order valence-electron chi connectivity index (χ0n) is 6.87. The molecule has 0 saturated heterocycles. The minimum atomic E-state index is 0.906. The summed E-state index contributed by atoms with van der Waals surface area (Å²) in [5.41, 5.74) is 0. The molecule has 13 heavy (non-hydrogen) atoms. The number of methoxy groups -OCH3 is 1. The van der Waals surface area contributed by atoms with Gasteiger partial charge in [0.05, 0.1) is 11.8 Å². The van der Waals surface area contributed by atoms with Crippen molar-refractivity contribution in [3.05, 3.63) is 22.0 Å². The fourth-order valence-electron chi connectivity index (χ4n) is 1.23. The molecule has 1 heterocycles. The molecule has 0 fully saturated rings. The smallest absolute Gasteiger partial charge is 0.136 e. The number of ether oxygens (including phenoxy) is 1. The highest BCUT2D eigenvalue weighted by Gasteiger charge is 2.09. The molecule has 2 rings (SSSR count). The van der Waals surface area contributed by atoms with Crippen LogP contribution in [-0.2, 0) is 0 Å². The second-order valence-electron chi connectivity index (χ2n) is 2.57. The fourth-order valence-corrected chi connectivity index (χ4v) is 3.53. The molecule has 0 saturated carbocycles. The van der Waals surface area contributed by atoms with Crippen LogP contribution >= 0.6 is 39.9 Å². The number of benzene rings is 1. The minimum Gasteiger partial charge on any atom is -0.495 e. The molecule has 0 atom stereocenters. The molecule has 0 N–H and O–H groups in total. The third-order valence-corrected chi connectivity index (χ3v) is 4.13. The topological polar surface area (TPSA) is 9.23 Å². The van der Waals surface area contributed by atoms with Crippen LogP contribution in [0.25, 0.3) is 10.1 Å². The number of hydrogen-bond acceptors (Lipinski definition) is 3. The Kier molecular flexibility index (Phi) is 2.53. The summed E-state index contributed by atoms with van der Waals surface area (Å²) in [6.07, 6.45) is 0. The molecule has 0 amide bonds. The van der Waals surface area contributed by atoms with Gasteiger partial charge in [0.25, 0.3) is 0 Å². The second kappa shape index (κ2) is 3.52. The van der Waals surface area contributed by atoms with Gasteiger partial charge in [-0.15, -0.1) is 24.0 Å². The lowest BCUT2D eigenvalue weighted by atomic mass is 10.2. The molecule has 0 unspecified atom stereocenters. The van der Waals surface area contributed by atoms with Crippen molar-refractivity contribution in [2.75, 3.05) is 7.11 Å². The van der Waals surface area contributed by atoms with Crippen LogP contribution < -0.4 is 4.74 Å². The Bertz CT molecular complexity index is 450. The predicted molar refractivity (Wildman–Crippen MR) is 63.3 cm³/mol. The van der Waals surface area contributed by atoms with Gasteiger partial charge in [0, 0.05) is 20.1 Å². The van der Waals surface area contributed by atoms with Crippen LogP contribution in [-0.4, -0.2) is 7.11 Å². The largest absolute Gasteiger partial charge is 0.495 e. The van der Waals surface area contributed by atoms with E-state index in [4.69, 9.17) is 4.74 Å². The maximum Gasteiger partial charge on any atom is 0.136 e. The van der Waals surface area contributed by atoms with E-state index >= 15 is 0 Å². The van der Waals surface area contributed by atoms with Gasteiger partial charge in [0.1, 0.15) is 5.75 Å². The second-order valence-corrected chi connectivity index (χ2v) is 4.79. The molecule has 0 aliphatic heterocycles. The first kappa shape index (κ1) is 9.37. The van der Waals surface area contributed by atoms with Crippen molar-refractivity contribution in [3.8, 4) is 5.75 Å². The lowest BCUT2D eigenvalue weighted by Gasteiger charge is -2.02. The summed E-state index contributed by atoms with van der Waals surface area (Å²) in [5, 5.41) is 3.18. The van der Waals surface area contributed by atoms with Crippen LogP contribution in [0, 0.1) is 0 Å². The average molecular weight is 275 g/mol. The number of halogens is 1.